The molecular weight excluding hydrogens is 364 g/mol. The molecule has 2 aromatic heterocycles. The molecule has 146 valence electrons. The maximum atomic E-state index is 13.0. The van der Waals surface area contributed by atoms with E-state index in [4.69, 9.17) is 4.74 Å². The second-order valence-corrected chi connectivity index (χ2v) is 8.14. The van der Waals surface area contributed by atoms with Crippen LogP contribution in [0.2, 0.25) is 0 Å². The molecule has 1 aliphatic rings. The van der Waals surface area contributed by atoms with Crippen molar-refractivity contribution in [2.24, 2.45) is 0 Å². The van der Waals surface area contributed by atoms with Gasteiger partial charge in [0.25, 0.3) is 0 Å². The largest absolute Gasteiger partial charge is 0.462 e. The number of hydrogen-bond acceptors (Lipinski definition) is 6. The van der Waals surface area contributed by atoms with Crippen LogP contribution in [0.25, 0.3) is 0 Å². The average molecular weight is 391 g/mol. The van der Waals surface area contributed by atoms with E-state index in [0.717, 1.165) is 36.8 Å². The Morgan fingerprint density at radius 2 is 2.04 bits per heavy atom. The number of aryl methyl sites for hydroxylation is 2. The van der Waals surface area contributed by atoms with Gasteiger partial charge in [0.15, 0.2) is 10.9 Å². The summed E-state index contributed by atoms with van der Waals surface area (Å²) in [4.78, 5) is 28.3. The highest BCUT2D eigenvalue weighted by Gasteiger charge is 2.27. The maximum Gasteiger partial charge on any atom is 0.340 e. The second-order valence-electron chi connectivity index (χ2n) is 6.83. The maximum absolute atomic E-state index is 13.0. The van der Waals surface area contributed by atoms with Crippen molar-refractivity contribution in [3.05, 3.63) is 28.3 Å². The van der Waals surface area contributed by atoms with Gasteiger partial charge in [-0.1, -0.05) is 18.2 Å². The van der Waals surface area contributed by atoms with Gasteiger partial charge >= 0.3 is 5.97 Å². The van der Waals surface area contributed by atoms with Gasteiger partial charge < -0.3 is 14.3 Å². The highest BCUT2D eigenvalue weighted by atomic mass is 32.2. The van der Waals surface area contributed by atoms with Crippen molar-refractivity contribution in [2.45, 2.75) is 70.3 Å². The Balaban J connectivity index is 1.80. The number of ketones is 1. The molecule has 0 bridgehead atoms. The van der Waals surface area contributed by atoms with Gasteiger partial charge in [0.2, 0.25) is 0 Å². The smallest absolute Gasteiger partial charge is 0.340 e. The number of Topliss-reactive ketones (excluding diaryl/α,β-unsaturated/α-hetero) is 1. The third-order valence-corrected chi connectivity index (χ3v) is 5.97. The molecule has 0 amide bonds. The zero-order chi connectivity index (χ0) is 19.6. The van der Waals surface area contributed by atoms with Gasteiger partial charge in [-0.2, -0.15) is 0 Å². The Morgan fingerprint density at radius 1 is 1.26 bits per heavy atom. The van der Waals surface area contributed by atoms with E-state index in [2.05, 4.69) is 19.7 Å². The third kappa shape index (κ3) is 3.95. The van der Waals surface area contributed by atoms with Crippen molar-refractivity contribution in [3.63, 3.8) is 0 Å². The summed E-state index contributed by atoms with van der Waals surface area (Å²) >= 11 is 1.42. The molecule has 3 heterocycles. The second kappa shape index (κ2) is 8.29. The van der Waals surface area contributed by atoms with Crippen LogP contribution in [0.1, 0.15) is 71.0 Å². The SMILES string of the molecule is CCOC(=O)c1c(C)[nH]c(C(=O)C(C)Sc2nnc3n2CCCCC3)c1C. The van der Waals surface area contributed by atoms with E-state index in [1.165, 1.54) is 18.2 Å². The molecule has 1 atom stereocenters. The summed E-state index contributed by atoms with van der Waals surface area (Å²) in [6.45, 7) is 8.40. The fraction of sp³-hybridized carbons (Fsp3) is 0.579. The summed E-state index contributed by atoms with van der Waals surface area (Å²) in [7, 11) is 0. The minimum atomic E-state index is -0.397. The molecule has 1 unspecified atom stereocenters. The number of nitrogens with one attached hydrogen (secondary N) is 1. The number of nitrogens with zero attached hydrogens (tertiary/aromatic N) is 3. The standard InChI is InChI=1S/C19H26N4O3S/c1-5-26-18(25)15-11(2)16(20-12(15)3)17(24)13(4)27-19-22-21-14-9-7-6-8-10-23(14)19/h13,20H,5-10H2,1-4H3. The van der Waals surface area contributed by atoms with E-state index < -0.39 is 5.97 Å². The lowest BCUT2D eigenvalue weighted by Crippen LogP contribution is -2.17. The van der Waals surface area contributed by atoms with Gasteiger partial charge in [0.05, 0.1) is 23.1 Å². The predicted molar refractivity (Wildman–Crippen MR) is 103 cm³/mol. The lowest BCUT2D eigenvalue weighted by Gasteiger charge is -2.11. The van der Waals surface area contributed by atoms with E-state index in [-0.39, 0.29) is 11.0 Å². The van der Waals surface area contributed by atoms with Crippen molar-refractivity contribution >= 4 is 23.5 Å². The Kier molecular flexibility index (Phi) is 6.04. The van der Waals surface area contributed by atoms with Gasteiger partial charge in [-0.15, -0.1) is 10.2 Å². The zero-order valence-electron chi connectivity index (χ0n) is 16.3. The number of ether oxygens (including phenoxy) is 1. The molecule has 2 aromatic rings. The number of hydrogen-bond donors (Lipinski definition) is 1. The molecule has 0 saturated heterocycles. The lowest BCUT2D eigenvalue weighted by molar-refractivity contribution is 0.0525. The fourth-order valence-electron chi connectivity index (χ4n) is 3.47. The summed E-state index contributed by atoms with van der Waals surface area (Å²) in [5.74, 6) is 0.555. The van der Waals surface area contributed by atoms with E-state index in [0.29, 0.717) is 29.1 Å². The van der Waals surface area contributed by atoms with Crippen molar-refractivity contribution < 1.29 is 14.3 Å². The Hall–Kier alpha value is -2.09. The van der Waals surface area contributed by atoms with Gasteiger partial charge in [0, 0.05) is 18.7 Å². The molecule has 8 heteroatoms. The van der Waals surface area contributed by atoms with Gasteiger partial charge in [0.1, 0.15) is 5.82 Å². The van der Waals surface area contributed by atoms with Gasteiger partial charge in [-0.25, -0.2) is 4.79 Å². The van der Waals surface area contributed by atoms with Crippen LogP contribution >= 0.6 is 11.8 Å². The highest BCUT2D eigenvalue weighted by molar-refractivity contribution is 8.00. The van der Waals surface area contributed by atoms with Crippen molar-refractivity contribution in [1.82, 2.24) is 19.7 Å². The molecule has 0 saturated carbocycles. The Morgan fingerprint density at radius 3 is 2.78 bits per heavy atom. The minimum Gasteiger partial charge on any atom is -0.462 e. The number of fused-ring (bicyclic) bond motifs is 1. The number of aromatic amines is 1. The molecule has 0 fully saturated rings. The number of rotatable bonds is 6. The van der Waals surface area contributed by atoms with Crippen molar-refractivity contribution in [1.29, 1.82) is 0 Å². The monoisotopic (exact) mass is 390 g/mol. The number of carbonyl (C=O) groups is 2. The summed E-state index contributed by atoms with van der Waals surface area (Å²) in [5.41, 5.74) is 2.21. The molecule has 0 radical (unpaired) electrons. The highest BCUT2D eigenvalue weighted by Crippen LogP contribution is 2.29. The van der Waals surface area contributed by atoms with E-state index in [1.54, 1.807) is 20.8 Å². The first kappa shape index (κ1) is 19.7. The summed E-state index contributed by atoms with van der Waals surface area (Å²) in [6.07, 6.45) is 4.38. The Labute approximate surface area is 163 Å². The van der Waals surface area contributed by atoms with Crippen molar-refractivity contribution in [3.8, 4) is 0 Å². The van der Waals surface area contributed by atoms with Crippen LogP contribution < -0.4 is 0 Å². The van der Waals surface area contributed by atoms with Gasteiger partial charge in [-0.05, 0) is 46.1 Å². The van der Waals surface area contributed by atoms with Crippen LogP contribution in [0, 0.1) is 13.8 Å². The number of esters is 1. The van der Waals surface area contributed by atoms with Gasteiger partial charge in [-0.3, -0.25) is 4.79 Å². The lowest BCUT2D eigenvalue weighted by atomic mass is 10.1. The number of carbonyl (C=O) groups excluding carboxylic acids is 2. The predicted octanol–water partition coefficient (Wildman–Crippen LogP) is 3.49. The van der Waals surface area contributed by atoms with Crippen LogP contribution in [0.4, 0.5) is 0 Å². The van der Waals surface area contributed by atoms with E-state index in [1.807, 2.05) is 6.92 Å². The number of aromatic nitrogens is 4. The van der Waals surface area contributed by atoms with Crippen LogP contribution in [-0.2, 0) is 17.7 Å². The topological polar surface area (TPSA) is 89.9 Å². The van der Waals surface area contributed by atoms with Crippen molar-refractivity contribution in [2.75, 3.05) is 6.61 Å². The zero-order valence-corrected chi connectivity index (χ0v) is 17.1. The van der Waals surface area contributed by atoms with Crippen LogP contribution in [-0.4, -0.2) is 43.4 Å². The number of thioether (sulfide) groups is 1. The first-order chi connectivity index (χ1) is 12.9. The molecule has 27 heavy (non-hydrogen) atoms. The van der Waals surface area contributed by atoms with Crippen LogP contribution in [0.5, 0.6) is 0 Å². The van der Waals surface area contributed by atoms with E-state index >= 15 is 0 Å². The molecule has 3 rings (SSSR count). The molecular formula is C19H26N4O3S. The molecule has 1 N–H and O–H groups in total. The van der Waals surface area contributed by atoms with E-state index in [9.17, 15) is 9.59 Å². The first-order valence-electron chi connectivity index (χ1n) is 9.43. The minimum absolute atomic E-state index is 0.0536. The molecule has 1 aliphatic heterocycles. The molecule has 7 nitrogen and oxygen atoms in total. The number of H-pyrrole nitrogens is 1. The fourth-order valence-corrected chi connectivity index (χ4v) is 4.42. The molecule has 0 aromatic carbocycles. The first-order valence-corrected chi connectivity index (χ1v) is 10.3. The normalized spacial score (nSPS) is 15.1. The third-order valence-electron chi connectivity index (χ3n) is 4.89. The quantitative estimate of drug-likeness (QED) is 0.461. The molecule has 0 aliphatic carbocycles. The van der Waals surface area contributed by atoms with Crippen LogP contribution in [0.3, 0.4) is 0 Å². The molecule has 0 spiro atoms. The van der Waals surface area contributed by atoms with Crippen LogP contribution in [0.15, 0.2) is 5.16 Å². The average Bonchev–Trinajstić information content (AvgIpc) is 3.04. The summed E-state index contributed by atoms with van der Waals surface area (Å²) < 4.78 is 7.24. The Bertz CT molecular complexity index is 856. The summed E-state index contributed by atoms with van der Waals surface area (Å²) in [6, 6.07) is 0. The summed E-state index contributed by atoms with van der Waals surface area (Å²) in [5, 5.41) is 9.04.